The standard InChI is InChI=1S/C23H29N3O7/c1-8-9-6-5-7-10(27)12(9)17(28)13-11(8)18(29)15-16(26(3)4)19(30)14(22(24)32)21(31)23(15,33)20(13)25-2/h5-8,11,13,15-16,18,20,25,27,29,31,33H,1-4H3,(H2,24,32)/t8-,11+,13?,15+,16-,18-,20?,23-/m0/s1. The van der Waals surface area contributed by atoms with Crippen molar-refractivity contribution < 1.29 is 34.8 Å². The summed E-state index contributed by atoms with van der Waals surface area (Å²) in [5.41, 5.74) is 2.92. The molecule has 3 aliphatic carbocycles. The Morgan fingerprint density at radius 3 is 2.36 bits per heavy atom. The molecule has 2 unspecified atom stereocenters. The van der Waals surface area contributed by atoms with Gasteiger partial charge in [-0.2, -0.15) is 0 Å². The number of amides is 1. The smallest absolute Gasteiger partial charge is 0.255 e. The second-order valence-corrected chi connectivity index (χ2v) is 9.47. The molecule has 1 amide bonds. The highest BCUT2D eigenvalue weighted by Gasteiger charge is 2.69. The van der Waals surface area contributed by atoms with Gasteiger partial charge in [0.15, 0.2) is 11.6 Å². The molecule has 0 spiro atoms. The summed E-state index contributed by atoms with van der Waals surface area (Å²) < 4.78 is 0. The first-order chi connectivity index (χ1) is 15.4. The molecule has 8 atom stereocenters. The second kappa shape index (κ2) is 7.63. The number of ketones is 2. The third-order valence-corrected chi connectivity index (χ3v) is 7.80. The average molecular weight is 459 g/mol. The Hall–Kier alpha value is -2.79. The third kappa shape index (κ3) is 2.84. The molecule has 10 nitrogen and oxygen atoms in total. The molecule has 0 saturated heterocycles. The zero-order chi connectivity index (χ0) is 24.6. The molecule has 0 aliphatic heterocycles. The number of likely N-dealkylation sites (N-methyl/N-ethyl adjacent to an activating group) is 2. The predicted octanol–water partition coefficient (Wildman–Crippen LogP) is -0.955. The van der Waals surface area contributed by atoms with E-state index in [1.54, 1.807) is 26.2 Å². The molecule has 3 aliphatic rings. The van der Waals surface area contributed by atoms with Gasteiger partial charge in [-0.1, -0.05) is 19.1 Å². The monoisotopic (exact) mass is 459 g/mol. The number of phenolic OH excluding ortho intramolecular Hbond substituents is 1. The van der Waals surface area contributed by atoms with E-state index in [2.05, 4.69) is 5.32 Å². The van der Waals surface area contributed by atoms with Gasteiger partial charge in [-0.3, -0.25) is 19.3 Å². The molecular formula is C23H29N3O7. The van der Waals surface area contributed by atoms with Gasteiger partial charge in [0.05, 0.1) is 23.8 Å². The first-order valence-electron chi connectivity index (χ1n) is 10.8. The molecule has 1 saturated carbocycles. The van der Waals surface area contributed by atoms with Crippen LogP contribution in [0.2, 0.25) is 0 Å². The number of nitrogens with zero attached hydrogens (tertiary/aromatic N) is 1. The van der Waals surface area contributed by atoms with Crippen LogP contribution in [0.5, 0.6) is 5.75 Å². The number of primary amides is 1. The summed E-state index contributed by atoms with van der Waals surface area (Å²) in [4.78, 5) is 40.4. The van der Waals surface area contributed by atoms with Crippen molar-refractivity contribution in [3.8, 4) is 5.75 Å². The van der Waals surface area contributed by atoms with Crippen molar-refractivity contribution in [3.63, 3.8) is 0 Å². The van der Waals surface area contributed by atoms with E-state index >= 15 is 0 Å². The summed E-state index contributed by atoms with van der Waals surface area (Å²) in [6.45, 7) is 1.81. The van der Waals surface area contributed by atoms with Gasteiger partial charge < -0.3 is 31.5 Å². The molecule has 0 aromatic heterocycles. The van der Waals surface area contributed by atoms with E-state index in [1.807, 2.05) is 6.92 Å². The average Bonchev–Trinajstić information content (AvgIpc) is 2.73. The van der Waals surface area contributed by atoms with Gasteiger partial charge in [0.2, 0.25) is 0 Å². The van der Waals surface area contributed by atoms with Gasteiger partial charge in [0.25, 0.3) is 5.91 Å². The Bertz CT molecular complexity index is 1080. The second-order valence-electron chi connectivity index (χ2n) is 9.47. The summed E-state index contributed by atoms with van der Waals surface area (Å²) in [5, 5.41) is 48.0. The van der Waals surface area contributed by atoms with Crippen LogP contribution in [0.1, 0.15) is 28.8 Å². The summed E-state index contributed by atoms with van der Waals surface area (Å²) >= 11 is 0. The normalized spacial score (nSPS) is 38.1. The van der Waals surface area contributed by atoms with E-state index in [-0.39, 0.29) is 11.3 Å². The summed E-state index contributed by atoms with van der Waals surface area (Å²) in [6, 6.07) is 2.32. The van der Waals surface area contributed by atoms with E-state index in [1.165, 1.54) is 18.0 Å². The topological polar surface area (TPSA) is 173 Å². The van der Waals surface area contributed by atoms with Crippen LogP contribution in [0.15, 0.2) is 29.5 Å². The molecule has 0 radical (unpaired) electrons. The molecule has 10 heteroatoms. The molecule has 33 heavy (non-hydrogen) atoms. The Kier molecular flexibility index (Phi) is 5.40. The molecule has 1 fully saturated rings. The molecule has 1 aromatic rings. The third-order valence-electron chi connectivity index (χ3n) is 7.80. The molecular weight excluding hydrogens is 430 g/mol. The maximum Gasteiger partial charge on any atom is 0.255 e. The SMILES string of the molecule is CNC1C2C(=O)c3c(O)cccc3[C@H](C)[C@H]2[C@H](O)[C@H]2[C@H](N(C)C)C(=O)C(C(N)=O)=C(O)[C@@]12O. The molecule has 0 bridgehead atoms. The largest absolute Gasteiger partial charge is 0.508 e. The number of nitrogens with two attached hydrogens (primary N) is 1. The van der Waals surface area contributed by atoms with E-state index in [9.17, 15) is 34.8 Å². The van der Waals surface area contributed by atoms with Crippen molar-refractivity contribution in [2.75, 3.05) is 21.1 Å². The van der Waals surface area contributed by atoms with Crippen molar-refractivity contribution in [1.82, 2.24) is 10.2 Å². The minimum Gasteiger partial charge on any atom is -0.508 e. The number of fused-ring (bicyclic) bond motifs is 3. The van der Waals surface area contributed by atoms with Crippen LogP contribution < -0.4 is 11.1 Å². The fourth-order valence-corrected chi connectivity index (χ4v) is 6.48. The zero-order valence-electron chi connectivity index (χ0n) is 18.8. The number of rotatable bonds is 3. The van der Waals surface area contributed by atoms with Crippen molar-refractivity contribution in [2.45, 2.75) is 36.6 Å². The lowest BCUT2D eigenvalue weighted by Gasteiger charge is -2.60. The number of aromatic hydroxyl groups is 1. The van der Waals surface area contributed by atoms with Crippen LogP contribution in [0, 0.1) is 17.8 Å². The Labute approximate surface area is 190 Å². The highest BCUT2D eigenvalue weighted by Crippen LogP contribution is 2.56. The first kappa shape index (κ1) is 23.4. The van der Waals surface area contributed by atoms with Crippen molar-refractivity contribution in [2.24, 2.45) is 23.5 Å². The summed E-state index contributed by atoms with van der Waals surface area (Å²) in [7, 11) is 4.59. The van der Waals surface area contributed by atoms with E-state index in [0.29, 0.717) is 5.56 Å². The van der Waals surface area contributed by atoms with Crippen molar-refractivity contribution >= 4 is 17.5 Å². The molecule has 178 valence electrons. The lowest BCUT2D eigenvalue weighted by molar-refractivity contribution is -0.186. The Morgan fingerprint density at radius 2 is 1.82 bits per heavy atom. The van der Waals surface area contributed by atoms with Crippen molar-refractivity contribution in [3.05, 3.63) is 40.7 Å². The van der Waals surface area contributed by atoms with Crippen molar-refractivity contribution in [1.29, 1.82) is 0 Å². The lowest BCUT2D eigenvalue weighted by atomic mass is 9.49. The number of carbonyl (C=O) groups excluding carboxylic acids is 3. The lowest BCUT2D eigenvalue weighted by Crippen LogP contribution is -2.76. The van der Waals surface area contributed by atoms with Gasteiger partial charge in [-0.25, -0.2) is 0 Å². The number of phenols is 1. The van der Waals surface area contributed by atoms with Gasteiger partial charge in [-0.15, -0.1) is 0 Å². The maximum absolute atomic E-state index is 13.7. The van der Waals surface area contributed by atoms with Crippen LogP contribution in [0.4, 0.5) is 0 Å². The number of aliphatic hydroxyl groups excluding tert-OH is 2. The molecule has 7 N–H and O–H groups in total. The first-order valence-corrected chi connectivity index (χ1v) is 10.8. The van der Waals surface area contributed by atoms with Gasteiger partial charge in [0.1, 0.15) is 22.7 Å². The number of carbonyl (C=O) groups is 3. The molecule has 0 heterocycles. The number of hydrogen-bond donors (Lipinski definition) is 6. The van der Waals surface area contributed by atoms with E-state index in [0.717, 1.165) is 0 Å². The van der Waals surface area contributed by atoms with Gasteiger partial charge in [-0.05, 0) is 38.7 Å². The van der Waals surface area contributed by atoms with Gasteiger partial charge >= 0.3 is 0 Å². The van der Waals surface area contributed by atoms with Gasteiger partial charge in [0, 0.05) is 17.8 Å². The number of Topliss-reactive ketones (excluding diaryl/α,β-unsaturated/α-hetero) is 2. The number of aliphatic hydroxyl groups is 3. The Balaban J connectivity index is 2.03. The predicted molar refractivity (Wildman–Crippen MR) is 116 cm³/mol. The van der Waals surface area contributed by atoms with Crippen LogP contribution in [0.3, 0.4) is 0 Å². The van der Waals surface area contributed by atoms with Crippen LogP contribution >= 0.6 is 0 Å². The fraction of sp³-hybridized carbons (Fsp3) is 0.522. The van der Waals surface area contributed by atoms with Crippen LogP contribution in [0.25, 0.3) is 0 Å². The van der Waals surface area contributed by atoms with E-state index < -0.39 is 76.3 Å². The van der Waals surface area contributed by atoms with Crippen LogP contribution in [-0.4, -0.2) is 87.7 Å². The van der Waals surface area contributed by atoms with Crippen LogP contribution in [-0.2, 0) is 9.59 Å². The minimum atomic E-state index is -2.36. The van der Waals surface area contributed by atoms with E-state index in [4.69, 9.17) is 5.73 Å². The summed E-state index contributed by atoms with van der Waals surface area (Å²) in [6.07, 6.45) is -1.41. The Morgan fingerprint density at radius 1 is 1.18 bits per heavy atom. The highest BCUT2D eigenvalue weighted by atomic mass is 16.3. The summed E-state index contributed by atoms with van der Waals surface area (Å²) in [5.74, 6) is -7.21. The number of benzene rings is 1. The number of nitrogens with one attached hydrogen (secondary N) is 1. The maximum atomic E-state index is 13.7. The molecule has 4 rings (SSSR count). The highest BCUT2D eigenvalue weighted by molar-refractivity contribution is 6.22. The zero-order valence-corrected chi connectivity index (χ0v) is 18.8. The minimum absolute atomic E-state index is 0.0930. The quantitative estimate of drug-likeness (QED) is 0.311. The molecule has 1 aromatic carbocycles. The fourth-order valence-electron chi connectivity index (χ4n) is 6.48. The number of hydrogen-bond acceptors (Lipinski definition) is 9.